The number of rotatable bonds is 3. The first-order valence-electron chi connectivity index (χ1n) is 7.15. The maximum atomic E-state index is 9.51. The Kier molecular flexibility index (Phi) is 3.94. The zero-order valence-corrected chi connectivity index (χ0v) is 11.1. The molecule has 2 N–H and O–H groups in total. The van der Waals surface area contributed by atoms with Crippen molar-refractivity contribution in [1.82, 2.24) is 9.97 Å². The van der Waals surface area contributed by atoms with Gasteiger partial charge in [-0.1, -0.05) is 0 Å². The van der Waals surface area contributed by atoms with Crippen molar-refractivity contribution in [3.63, 3.8) is 0 Å². The Bertz CT molecular complexity index is 413. The summed E-state index contributed by atoms with van der Waals surface area (Å²) >= 11 is 0. The lowest BCUT2D eigenvalue weighted by molar-refractivity contribution is 0.126. The van der Waals surface area contributed by atoms with Crippen LogP contribution in [0.2, 0.25) is 0 Å². The summed E-state index contributed by atoms with van der Waals surface area (Å²) in [6.45, 7) is 1.60. The summed E-state index contributed by atoms with van der Waals surface area (Å²) in [7, 11) is 0. The minimum Gasteiger partial charge on any atom is -0.393 e. The molecule has 5 heteroatoms. The van der Waals surface area contributed by atoms with E-state index in [-0.39, 0.29) is 6.10 Å². The van der Waals surface area contributed by atoms with Crippen LogP contribution in [0, 0.1) is 0 Å². The second-order valence-corrected chi connectivity index (χ2v) is 5.54. The zero-order valence-electron chi connectivity index (χ0n) is 11.1. The smallest absolute Gasteiger partial charge is 0.129 e. The zero-order chi connectivity index (χ0) is 13.1. The molecule has 2 heterocycles. The lowest BCUT2D eigenvalue weighted by atomic mass is 9.93. The van der Waals surface area contributed by atoms with E-state index in [9.17, 15) is 5.11 Å². The van der Waals surface area contributed by atoms with Gasteiger partial charge in [-0.3, -0.25) is 0 Å². The minimum atomic E-state index is -0.116. The maximum absolute atomic E-state index is 9.51. The summed E-state index contributed by atoms with van der Waals surface area (Å²) in [5.41, 5.74) is 1.07. The maximum Gasteiger partial charge on any atom is 0.129 e. The molecule has 0 aromatic carbocycles. The van der Waals surface area contributed by atoms with E-state index in [1.165, 1.54) is 0 Å². The van der Waals surface area contributed by atoms with Crippen LogP contribution in [0.3, 0.4) is 0 Å². The molecule has 0 spiro atoms. The van der Waals surface area contributed by atoms with Gasteiger partial charge in [0.15, 0.2) is 0 Å². The summed E-state index contributed by atoms with van der Waals surface area (Å²) in [5.74, 6) is 1.31. The highest BCUT2D eigenvalue weighted by Crippen LogP contribution is 2.26. The number of anilines is 1. The van der Waals surface area contributed by atoms with Crippen LogP contribution < -0.4 is 5.32 Å². The van der Waals surface area contributed by atoms with Crippen LogP contribution in [0.25, 0.3) is 0 Å². The number of aliphatic hydroxyl groups excluding tert-OH is 1. The summed E-state index contributed by atoms with van der Waals surface area (Å²) in [4.78, 5) is 8.65. The first-order chi connectivity index (χ1) is 9.31. The average molecular weight is 263 g/mol. The van der Waals surface area contributed by atoms with Crippen molar-refractivity contribution in [3.8, 4) is 0 Å². The largest absolute Gasteiger partial charge is 0.393 e. The van der Waals surface area contributed by atoms with Crippen molar-refractivity contribution in [2.45, 2.75) is 50.2 Å². The second-order valence-electron chi connectivity index (χ2n) is 5.54. The Morgan fingerprint density at radius 2 is 2.00 bits per heavy atom. The number of hydrogen-bond donors (Lipinski definition) is 2. The van der Waals surface area contributed by atoms with Crippen LogP contribution in [0.4, 0.5) is 5.82 Å². The van der Waals surface area contributed by atoms with Gasteiger partial charge in [-0.25, -0.2) is 9.97 Å². The third-order valence-electron chi connectivity index (χ3n) is 4.08. The van der Waals surface area contributed by atoms with Crippen molar-refractivity contribution in [2.24, 2.45) is 0 Å². The fraction of sp³-hybridized carbons (Fsp3) is 0.714. The van der Waals surface area contributed by atoms with Crippen molar-refractivity contribution in [1.29, 1.82) is 0 Å². The SMILES string of the molecule is OC1CCC(Nc2cc([C@@H]3CCOC3)ncn2)CC1. The first kappa shape index (κ1) is 12.8. The molecule has 1 saturated carbocycles. The highest BCUT2D eigenvalue weighted by Gasteiger charge is 2.22. The number of nitrogens with one attached hydrogen (secondary N) is 1. The normalized spacial score (nSPS) is 31.3. The van der Waals surface area contributed by atoms with Crippen LogP contribution in [0.15, 0.2) is 12.4 Å². The molecule has 2 fully saturated rings. The summed E-state index contributed by atoms with van der Waals surface area (Å²) < 4.78 is 5.40. The highest BCUT2D eigenvalue weighted by molar-refractivity contribution is 5.37. The molecule has 1 aromatic heterocycles. The monoisotopic (exact) mass is 263 g/mol. The van der Waals surface area contributed by atoms with E-state index in [1.54, 1.807) is 6.33 Å². The molecule has 1 saturated heterocycles. The van der Waals surface area contributed by atoms with Gasteiger partial charge >= 0.3 is 0 Å². The number of ether oxygens (including phenoxy) is 1. The van der Waals surface area contributed by atoms with Gasteiger partial charge in [0, 0.05) is 24.6 Å². The number of aliphatic hydroxyl groups is 1. The Balaban J connectivity index is 1.62. The standard InChI is InChI=1S/C14H21N3O2/c18-12-3-1-11(2-4-12)17-14-7-13(15-9-16-14)10-5-6-19-8-10/h7,9-12,18H,1-6,8H2,(H,15,16,17)/t10-,11?,12?/m1/s1. The molecule has 104 valence electrons. The summed E-state index contributed by atoms with van der Waals surface area (Å²) in [6, 6.07) is 2.47. The average Bonchev–Trinajstić information content (AvgIpc) is 2.96. The van der Waals surface area contributed by atoms with E-state index in [2.05, 4.69) is 15.3 Å². The molecular weight excluding hydrogens is 242 g/mol. The van der Waals surface area contributed by atoms with E-state index < -0.39 is 0 Å². The van der Waals surface area contributed by atoms with Gasteiger partial charge in [0.25, 0.3) is 0 Å². The van der Waals surface area contributed by atoms with Gasteiger partial charge in [0.05, 0.1) is 18.4 Å². The fourth-order valence-electron chi connectivity index (χ4n) is 2.87. The number of nitrogens with zero attached hydrogens (tertiary/aromatic N) is 2. The predicted molar refractivity (Wildman–Crippen MR) is 72.1 cm³/mol. The molecule has 0 radical (unpaired) electrons. The van der Waals surface area contributed by atoms with Gasteiger partial charge in [-0.15, -0.1) is 0 Å². The lowest BCUT2D eigenvalue weighted by Gasteiger charge is -2.26. The first-order valence-corrected chi connectivity index (χ1v) is 7.15. The minimum absolute atomic E-state index is 0.116. The molecule has 5 nitrogen and oxygen atoms in total. The molecule has 19 heavy (non-hydrogen) atoms. The molecule has 3 rings (SSSR count). The Morgan fingerprint density at radius 1 is 1.16 bits per heavy atom. The van der Waals surface area contributed by atoms with Crippen molar-refractivity contribution < 1.29 is 9.84 Å². The number of aromatic nitrogens is 2. The molecule has 1 atom stereocenters. The van der Waals surface area contributed by atoms with Gasteiger partial charge in [-0.2, -0.15) is 0 Å². The van der Waals surface area contributed by atoms with E-state index in [0.717, 1.165) is 56.8 Å². The molecule has 0 bridgehead atoms. The third kappa shape index (κ3) is 3.22. The Morgan fingerprint density at radius 3 is 2.74 bits per heavy atom. The van der Waals surface area contributed by atoms with E-state index in [0.29, 0.717) is 12.0 Å². The molecule has 1 aliphatic heterocycles. The predicted octanol–water partition coefficient (Wildman–Crippen LogP) is 1.70. The Labute approximate surface area is 113 Å². The quantitative estimate of drug-likeness (QED) is 0.868. The third-order valence-corrected chi connectivity index (χ3v) is 4.08. The fourth-order valence-corrected chi connectivity index (χ4v) is 2.87. The van der Waals surface area contributed by atoms with Crippen LogP contribution >= 0.6 is 0 Å². The van der Waals surface area contributed by atoms with Gasteiger partial charge < -0.3 is 15.2 Å². The van der Waals surface area contributed by atoms with Gasteiger partial charge in [0.1, 0.15) is 12.1 Å². The lowest BCUT2D eigenvalue weighted by Crippen LogP contribution is -2.28. The van der Waals surface area contributed by atoms with Gasteiger partial charge in [-0.05, 0) is 32.1 Å². The van der Waals surface area contributed by atoms with E-state index in [1.807, 2.05) is 6.07 Å². The van der Waals surface area contributed by atoms with Crippen LogP contribution in [0.1, 0.15) is 43.7 Å². The molecule has 1 aromatic rings. The van der Waals surface area contributed by atoms with E-state index >= 15 is 0 Å². The van der Waals surface area contributed by atoms with Crippen LogP contribution in [-0.4, -0.2) is 40.4 Å². The highest BCUT2D eigenvalue weighted by atomic mass is 16.5. The molecule has 0 amide bonds. The summed E-state index contributed by atoms with van der Waals surface area (Å²) in [6.07, 6.45) is 6.34. The van der Waals surface area contributed by atoms with Crippen LogP contribution in [-0.2, 0) is 4.74 Å². The van der Waals surface area contributed by atoms with Crippen molar-refractivity contribution in [3.05, 3.63) is 18.1 Å². The van der Waals surface area contributed by atoms with Gasteiger partial charge in [0.2, 0.25) is 0 Å². The van der Waals surface area contributed by atoms with Crippen molar-refractivity contribution in [2.75, 3.05) is 18.5 Å². The topological polar surface area (TPSA) is 67.3 Å². The molecule has 2 aliphatic rings. The van der Waals surface area contributed by atoms with Crippen LogP contribution in [0.5, 0.6) is 0 Å². The Hall–Kier alpha value is -1.20. The number of hydrogen-bond acceptors (Lipinski definition) is 5. The molecule has 1 aliphatic carbocycles. The molecular formula is C14H21N3O2. The van der Waals surface area contributed by atoms with E-state index in [4.69, 9.17) is 4.74 Å². The van der Waals surface area contributed by atoms with Crippen molar-refractivity contribution >= 4 is 5.82 Å². The summed E-state index contributed by atoms with van der Waals surface area (Å²) in [5, 5.41) is 13.0. The molecule has 0 unspecified atom stereocenters. The second kappa shape index (κ2) is 5.84.